The van der Waals surface area contributed by atoms with Crippen LogP contribution in [0.15, 0.2) is 53.4 Å². The maximum absolute atomic E-state index is 12.5. The Labute approximate surface area is 163 Å². The predicted octanol–water partition coefficient (Wildman–Crippen LogP) is 1.97. The van der Waals surface area contributed by atoms with Gasteiger partial charge >= 0.3 is 0 Å². The van der Waals surface area contributed by atoms with Gasteiger partial charge in [-0.2, -0.15) is 4.31 Å². The Balaban J connectivity index is 2.14. The number of hydrogen-bond acceptors (Lipinski definition) is 5. The highest BCUT2D eigenvalue weighted by molar-refractivity contribution is 7.92. The maximum Gasteiger partial charge on any atom is 0.261 e. The lowest BCUT2D eigenvalue weighted by atomic mass is 10.3. The van der Waals surface area contributed by atoms with Crippen LogP contribution in [0.4, 0.5) is 11.4 Å². The molecule has 0 heterocycles. The van der Waals surface area contributed by atoms with Crippen LogP contribution >= 0.6 is 11.6 Å². The van der Waals surface area contributed by atoms with Gasteiger partial charge in [-0.05, 0) is 42.5 Å². The van der Waals surface area contributed by atoms with E-state index < -0.39 is 32.5 Å². The van der Waals surface area contributed by atoms with Crippen LogP contribution in [-0.2, 0) is 24.8 Å². The lowest BCUT2D eigenvalue weighted by Crippen LogP contribution is -2.34. The van der Waals surface area contributed by atoms with Crippen molar-refractivity contribution in [2.45, 2.75) is 4.90 Å². The third-order valence-corrected chi connectivity index (χ3v) is 6.35. The Morgan fingerprint density at radius 3 is 2.26 bits per heavy atom. The molecule has 2 aromatic rings. The Kier molecular flexibility index (Phi) is 6.47. The smallest absolute Gasteiger partial charge is 0.261 e. The maximum atomic E-state index is 12.5. The van der Waals surface area contributed by atoms with Crippen molar-refractivity contribution >= 4 is 48.9 Å². The first kappa shape index (κ1) is 21.2. The van der Waals surface area contributed by atoms with E-state index in [9.17, 15) is 21.6 Å². The Bertz CT molecular complexity index is 1040. The van der Waals surface area contributed by atoms with E-state index in [4.69, 9.17) is 11.6 Å². The first-order valence-corrected chi connectivity index (χ1v) is 11.3. The lowest BCUT2D eigenvalue weighted by molar-refractivity contribution is -0.116. The molecule has 2 N–H and O–H groups in total. The molecule has 146 valence electrons. The van der Waals surface area contributed by atoms with Gasteiger partial charge in [-0.25, -0.2) is 16.8 Å². The molecule has 0 aliphatic carbocycles. The van der Waals surface area contributed by atoms with Crippen LogP contribution in [0.25, 0.3) is 0 Å². The van der Waals surface area contributed by atoms with E-state index in [-0.39, 0.29) is 10.6 Å². The van der Waals surface area contributed by atoms with Crippen molar-refractivity contribution in [2.24, 2.45) is 0 Å². The number of anilines is 2. The van der Waals surface area contributed by atoms with Crippen LogP contribution < -0.4 is 10.0 Å². The number of carbonyl (C=O) groups is 1. The summed E-state index contributed by atoms with van der Waals surface area (Å²) < 4.78 is 51.0. The average molecular weight is 432 g/mol. The number of nitrogens with one attached hydrogen (secondary N) is 2. The number of rotatable bonds is 7. The zero-order chi connectivity index (χ0) is 20.2. The van der Waals surface area contributed by atoms with Gasteiger partial charge in [-0.1, -0.05) is 17.7 Å². The highest BCUT2D eigenvalue weighted by Crippen LogP contribution is 2.20. The number of amides is 1. The van der Waals surface area contributed by atoms with Gasteiger partial charge in [0.1, 0.15) is 0 Å². The first-order chi connectivity index (χ1) is 12.5. The molecule has 11 heteroatoms. The van der Waals surface area contributed by atoms with Crippen molar-refractivity contribution in [3.63, 3.8) is 0 Å². The fraction of sp³-hybridized carbons (Fsp3) is 0.188. The molecule has 2 aromatic carbocycles. The highest BCUT2D eigenvalue weighted by Gasteiger charge is 2.17. The van der Waals surface area contributed by atoms with Crippen LogP contribution in [-0.4, -0.2) is 46.9 Å². The third kappa shape index (κ3) is 6.21. The summed E-state index contributed by atoms with van der Waals surface area (Å²) in [6.07, 6.45) is 0.982. The summed E-state index contributed by atoms with van der Waals surface area (Å²) in [7, 11) is -6.11. The van der Waals surface area contributed by atoms with Gasteiger partial charge in [0.25, 0.3) is 10.0 Å². The molecule has 0 saturated heterocycles. The quantitative estimate of drug-likeness (QED) is 0.695. The summed E-state index contributed by atoms with van der Waals surface area (Å²) in [5.74, 6) is -0.594. The Morgan fingerprint density at radius 1 is 1.04 bits per heavy atom. The summed E-state index contributed by atoms with van der Waals surface area (Å²) in [6, 6.07) is 11.8. The summed E-state index contributed by atoms with van der Waals surface area (Å²) in [5, 5.41) is 2.95. The molecular formula is C16H18ClN3O5S2. The molecular weight excluding hydrogens is 414 g/mol. The highest BCUT2D eigenvalue weighted by atomic mass is 35.5. The van der Waals surface area contributed by atoms with E-state index in [1.807, 2.05) is 0 Å². The molecule has 0 spiro atoms. The molecule has 2 rings (SSSR count). The lowest BCUT2D eigenvalue weighted by Gasteiger charge is -2.14. The largest absolute Gasteiger partial charge is 0.325 e. The number of sulfonamides is 2. The number of likely N-dealkylation sites (N-methyl/N-ethyl adjacent to an activating group) is 1. The molecule has 0 aliphatic heterocycles. The Hall–Kier alpha value is -2.14. The minimum atomic E-state index is -3.88. The fourth-order valence-electron chi connectivity index (χ4n) is 1.99. The van der Waals surface area contributed by atoms with Gasteiger partial charge in [-0.15, -0.1) is 0 Å². The Morgan fingerprint density at radius 2 is 1.67 bits per heavy atom. The summed E-state index contributed by atoms with van der Waals surface area (Å²) in [5.41, 5.74) is 0.560. The van der Waals surface area contributed by atoms with Gasteiger partial charge in [0.2, 0.25) is 15.9 Å². The second-order valence-electron chi connectivity index (χ2n) is 5.71. The minimum Gasteiger partial charge on any atom is -0.325 e. The number of hydrogen-bond donors (Lipinski definition) is 2. The standard InChI is InChI=1S/C16H18ClN3O5S2/c1-20(26(2,22)23)11-16(21)18-14-4-3-5-15(10-14)27(24,25)19-13-8-6-12(17)7-9-13/h3-10,19H,11H2,1-2H3,(H,18,21). The molecule has 0 saturated carbocycles. The number of benzene rings is 2. The molecule has 1 amide bonds. The molecule has 0 unspecified atom stereocenters. The molecule has 0 radical (unpaired) electrons. The number of carbonyl (C=O) groups excluding carboxylic acids is 1. The van der Waals surface area contributed by atoms with Crippen molar-refractivity contribution in [3.05, 3.63) is 53.6 Å². The van der Waals surface area contributed by atoms with Crippen LogP contribution in [0, 0.1) is 0 Å². The fourth-order valence-corrected chi connectivity index (χ4v) is 3.57. The molecule has 0 aliphatic rings. The van der Waals surface area contributed by atoms with Crippen molar-refractivity contribution in [3.8, 4) is 0 Å². The summed E-state index contributed by atoms with van der Waals surface area (Å²) in [4.78, 5) is 11.9. The zero-order valence-electron chi connectivity index (χ0n) is 14.5. The second-order valence-corrected chi connectivity index (χ2v) is 9.92. The molecule has 0 atom stereocenters. The van der Waals surface area contributed by atoms with Crippen molar-refractivity contribution < 1.29 is 21.6 Å². The van der Waals surface area contributed by atoms with Crippen molar-refractivity contribution in [1.29, 1.82) is 0 Å². The average Bonchev–Trinajstić information content (AvgIpc) is 2.56. The second kappa shape index (κ2) is 8.26. The van der Waals surface area contributed by atoms with Crippen molar-refractivity contribution in [2.75, 3.05) is 29.9 Å². The van der Waals surface area contributed by atoms with Crippen molar-refractivity contribution in [1.82, 2.24) is 4.31 Å². The van der Waals surface area contributed by atoms with Crippen LogP contribution in [0.2, 0.25) is 5.02 Å². The monoisotopic (exact) mass is 431 g/mol. The zero-order valence-corrected chi connectivity index (χ0v) is 16.9. The normalized spacial score (nSPS) is 12.0. The van der Waals surface area contributed by atoms with E-state index in [2.05, 4.69) is 10.0 Å². The molecule has 0 bridgehead atoms. The van der Waals surface area contributed by atoms with E-state index >= 15 is 0 Å². The van der Waals surface area contributed by atoms with E-state index in [1.165, 1.54) is 43.4 Å². The van der Waals surface area contributed by atoms with E-state index in [0.717, 1.165) is 10.6 Å². The molecule has 8 nitrogen and oxygen atoms in total. The van der Waals surface area contributed by atoms with E-state index in [1.54, 1.807) is 12.1 Å². The number of halogens is 1. The first-order valence-electron chi connectivity index (χ1n) is 7.57. The van der Waals surface area contributed by atoms with Crippen LogP contribution in [0.1, 0.15) is 0 Å². The van der Waals surface area contributed by atoms with Gasteiger partial charge in [0.05, 0.1) is 17.7 Å². The molecule has 0 fully saturated rings. The number of nitrogens with zero attached hydrogens (tertiary/aromatic N) is 1. The van der Waals surface area contributed by atoms with Crippen LogP contribution in [0.3, 0.4) is 0 Å². The van der Waals surface area contributed by atoms with Gasteiger partial charge in [0.15, 0.2) is 0 Å². The minimum absolute atomic E-state index is 0.0632. The SMILES string of the molecule is CN(CC(=O)Nc1cccc(S(=O)(=O)Nc2ccc(Cl)cc2)c1)S(C)(=O)=O. The third-order valence-electron chi connectivity index (χ3n) is 3.46. The van der Waals surface area contributed by atoms with Gasteiger partial charge in [-0.3, -0.25) is 9.52 Å². The predicted molar refractivity (Wildman–Crippen MR) is 105 cm³/mol. The van der Waals surface area contributed by atoms with Gasteiger partial charge in [0, 0.05) is 23.4 Å². The summed E-state index contributed by atoms with van der Waals surface area (Å²) in [6.45, 7) is -0.390. The summed E-state index contributed by atoms with van der Waals surface area (Å²) >= 11 is 5.77. The van der Waals surface area contributed by atoms with E-state index in [0.29, 0.717) is 10.7 Å². The molecule has 0 aromatic heterocycles. The topological polar surface area (TPSA) is 113 Å². The van der Waals surface area contributed by atoms with Gasteiger partial charge < -0.3 is 5.32 Å². The van der Waals surface area contributed by atoms with Crippen LogP contribution in [0.5, 0.6) is 0 Å². The molecule has 27 heavy (non-hydrogen) atoms.